The van der Waals surface area contributed by atoms with Gasteiger partial charge in [0.1, 0.15) is 5.41 Å². The molecule has 2 heterocycles. The fourth-order valence-corrected chi connectivity index (χ4v) is 3.02. The summed E-state index contributed by atoms with van der Waals surface area (Å²) < 4.78 is 5.25. The van der Waals surface area contributed by atoms with Crippen molar-refractivity contribution in [3.05, 3.63) is 0 Å². The van der Waals surface area contributed by atoms with Gasteiger partial charge in [0, 0.05) is 33.4 Å². The van der Waals surface area contributed by atoms with Gasteiger partial charge in [-0.3, -0.25) is 9.59 Å². The second-order valence-electron chi connectivity index (χ2n) is 5.92. The quantitative estimate of drug-likeness (QED) is 0.787. The number of nitriles is 1. The van der Waals surface area contributed by atoms with Crippen molar-refractivity contribution in [3.8, 4) is 6.07 Å². The molecule has 2 aliphatic heterocycles. The normalized spacial score (nSPS) is 28.8. The summed E-state index contributed by atoms with van der Waals surface area (Å²) in [7, 11) is 1.60. The first-order valence-corrected chi connectivity index (χ1v) is 6.98. The minimum absolute atomic E-state index is 0.0502. The van der Waals surface area contributed by atoms with Gasteiger partial charge in [0.25, 0.3) is 0 Å². The molecule has 0 aromatic rings. The van der Waals surface area contributed by atoms with E-state index < -0.39 is 10.8 Å². The van der Waals surface area contributed by atoms with Crippen LogP contribution in [0.2, 0.25) is 0 Å². The van der Waals surface area contributed by atoms with E-state index in [-0.39, 0.29) is 11.8 Å². The summed E-state index contributed by atoms with van der Waals surface area (Å²) in [6, 6.07) is 2.19. The van der Waals surface area contributed by atoms with Gasteiger partial charge >= 0.3 is 0 Å². The predicted octanol–water partition coefficient (Wildman–Crippen LogP) is 0.291. The van der Waals surface area contributed by atoms with Gasteiger partial charge < -0.3 is 15.0 Å². The molecule has 6 heteroatoms. The molecule has 1 atom stereocenters. The van der Waals surface area contributed by atoms with Crippen LogP contribution in [0.4, 0.5) is 0 Å². The van der Waals surface area contributed by atoms with Gasteiger partial charge in [-0.05, 0) is 26.2 Å². The van der Waals surface area contributed by atoms with E-state index in [1.807, 2.05) is 6.92 Å². The number of hydrogen-bond donors (Lipinski definition) is 1. The second-order valence-corrected chi connectivity index (χ2v) is 5.92. The maximum Gasteiger partial charge on any atom is 0.243 e. The standard InChI is InChI=1S/C14H21N3O3/c1-13(11(18)16-2)3-6-17(10-13)12(19)14(9-15)4-7-20-8-5-14/h3-8,10H2,1-2H3,(H,16,18). The lowest BCUT2D eigenvalue weighted by atomic mass is 9.80. The third-order valence-corrected chi connectivity index (χ3v) is 4.51. The number of carbonyl (C=O) groups excluding carboxylic acids is 2. The molecular weight excluding hydrogens is 258 g/mol. The van der Waals surface area contributed by atoms with Crippen molar-refractivity contribution in [2.75, 3.05) is 33.4 Å². The number of nitrogens with one attached hydrogen (secondary N) is 1. The average Bonchev–Trinajstić information content (AvgIpc) is 2.90. The third kappa shape index (κ3) is 2.38. The van der Waals surface area contributed by atoms with E-state index in [2.05, 4.69) is 11.4 Å². The van der Waals surface area contributed by atoms with Crippen LogP contribution in [0.5, 0.6) is 0 Å². The number of amides is 2. The van der Waals surface area contributed by atoms with Gasteiger partial charge in [-0.2, -0.15) is 5.26 Å². The first kappa shape index (κ1) is 14.8. The first-order chi connectivity index (χ1) is 9.47. The van der Waals surface area contributed by atoms with Gasteiger partial charge in [0.15, 0.2) is 0 Å². The fourth-order valence-electron chi connectivity index (χ4n) is 3.02. The zero-order valence-corrected chi connectivity index (χ0v) is 12.1. The Morgan fingerprint density at radius 2 is 1.95 bits per heavy atom. The van der Waals surface area contributed by atoms with Crippen molar-refractivity contribution in [2.24, 2.45) is 10.8 Å². The molecule has 110 valence electrons. The first-order valence-electron chi connectivity index (χ1n) is 6.98. The van der Waals surface area contributed by atoms with E-state index in [1.54, 1.807) is 11.9 Å². The van der Waals surface area contributed by atoms with Crippen LogP contribution < -0.4 is 5.32 Å². The van der Waals surface area contributed by atoms with Crippen LogP contribution >= 0.6 is 0 Å². The minimum atomic E-state index is -0.966. The third-order valence-electron chi connectivity index (χ3n) is 4.51. The maximum atomic E-state index is 12.7. The summed E-state index contributed by atoms with van der Waals surface area (Å²) in [5, 5.41) is 12.1. The van der Waals surface area contributed by atoms with Crippen molar-refractivity contribution >= 4 is 11.8 Å². The Hall–Kier alpha value is -1.61. The molecule has 0 spiro atoms. The molecular formula is C14H21N3O3. The molecule has 2 fully saturated rings. The minimum Gasteiger partial charge on any atom is -0.381 e. The summed E-state index contributed by atoms with van der Waals surface area (Å²) >= 11 is 0. The van der Waals surface area contributed by atoms with E-state index >= 15 is 0 Å². The number of ether oxygens (including phenoxy) is 1. The Morgan fingerprint density at radius 1 is 1.30 bits per heavy atom. The second kappa shape index (κ2) is 5.41. The molecule has 0 radical (unpaired) electrons. The Morgan fingerprint density at radius 3 is 2.50 bits per heavy atom. The van der Waals surface area contributed by atoms with Crippen LogP contribution in [0.15, 0.2) is 0 Å². The molecule has 1 unspecified atom stereocenters. The van der Waals surface area contributed by atoms with E-state index in [0.29, 0.717) is 45.6 Å². The van der Waals surface area contributed by atoms with Crippen LogP contribution in [0.3, 0.4) is 0 Å². The number of carbonyl (C=O) groups is 2. The van der Waals surface area contributed by atoms with Crippen molar-refractivity contribution in [1.29, 1.82) is 5.26 Å². The lowest BCUT2D eigenvalue weighted by Gasteiger charge is -2.33. The summed E-state index contributed by atoms with van der Waals surface area (Å²) in [5.41, 5.74) is -1.52. The van der Waals surface area contributed by atoms with Crippen LogP contribution in [0.25, 0.3) is 0 Å². The van der Waals surface area contributed by atoms with Crippen LogP contribution in [0.1, 0.15) is 26.2 Å². The Labute approximate surface area is 119 Å². The summed E-state index contributed by atoms with van der Waals surface area (Å²) in [6.45, 7) is 3.67. The molecule has 2 aliphatic rings. The Kier molecular flexibility index (Phi) is 4.00. The average molecular weight is 279 g/mol. The predicted molar refractivity (Wildman–Crippen MR) is 71.5 cm³/mol. The van der Waals surface area contributed by atoms with E-state index in [1.165, 1.54) is 0 Å². The van der Waals surface area contributed by atoms with Crippen molar-refractivity contribution in [2.45, 2.75) is 26.2 Å². The van der Waals surface area contributed by atoms with Gasteiger partial charge in [-0.25, -0.2) is 0 Å². The largest absolute Gasteiger partial charge is 0.381 e. The zero-order valence-electron chi connectivity index (χ0n) is 12.1. The highest BCUT2D eigenvalue weighted by Crippen LogP contribution is 2.37. The monoisotopic (exact) mass is 279 g/mol. The highest BCUT2D eigenvalue weighted by molar-refractivity contribution is 5.88. The molecule has 2 rings (SSSR count). The molecule has 0 aliphatic carbocycles. The maximum absolute atomic E-state index is 12.7. The summed E-state index contributed by atoms with van der Waals surface area (Å²) in [5.74, 6) is -0.193. The molecule has 0 saturated carbocycles. The van der Waals surface area contributed by atoms with E-state index in [0.717, 1.165) is 0 Å². The van der Waals surface area contributed by atoms with Crippen molar-refractivity contribution in [3.63, 3.8) is 0 Å². The Balaban J connectivity index is 2.11. The topological polar surface area (TPSA) is 82.4 Å². The highest BCUT2D eigenvalue weighted by atomic mass is 16.5. The smallest absolute Gasteiger partial charge is 0.243 e. The zero-order chi connectivity index (χ0) is 14.8. The summed E-state index contributed by atoms with van der Waals surface area (Å²) in [4.78, 5) is 26.2. The molecule has 2 saturated heterocycles. The molecule has 20 heavy (non-hydrogen) atoms. The fraction of sp³-hybridized carbons (Fsp3) is 0.786. The Bertz CT molecular complexity index is 451. The van der Waals surface area contributed by atoms with Gasteiger partial charge in [-0.15, -0.1) is 0 Å². The number of rotatable bonds is 2. The van der Waals surface area contributed by atoms with Gasteiger partial charge in [0.05, 0.1) is 11.5 Å². The molecule has 0 aromatic heterocycles. The SMILES string of the molecule is CNC(=O)C1(C)CCN(C(=O)C2(C#N)CCOCC2)C1. The summed E-state index contributed by atoms with van der Waals surface area (Å²) in [6.07, 6.45) is 1.52. The number of likely N-dealkylation sites (tertiary alicyclic amines) is 1. The van der Waals surface area contributed by atoms with Crippen molar-refractivity contribution < 1.29 is 14.3 Å². The van der Waals surface area contributed by atoms with E-state index in [4.69, 9.17) is 4.74 Å². The molecule has 2 amide bonds. The van der Waals surface area contributed by atoms with Crippen molar-refractivity contribution in [1.82, 2.24) is 10.2 Å². The number of nitrogens with zero attached hydrogens (tertiary/aromatic N) is 2. The lowest BCUT2D eigenvalue weighted by molar-refractivity contribution is -0.143. The van der Waals surface area contributed by atoms with Gasteiger partial charge in [-0.1, -0.05) is 0 Å². The highest BCUT2D eigenvalue weighted by Gasteiger charge is 2.48. The van der Waals surface area contributed by atoms with Gasteiger partial charge in [0.2, 0.25) is 11.8 Å². The lowest BCUT2D eigenvalue weighted by Crippen LogP contribution is -2.47. The molecule has 0 aromatic carbocycles. The molecule has 6 nitrogen and oxygen atoms in total. The molecule has 0 bridgehead atoms. The van der Waals surface area contributed by atoms with E-state index in [9.17, 15) is 14.9 Å². The van der Waals surface area contributed by atoms with Crippen LogP contribution in [0, 0.1) is 22.2 Å². The number of hydrogen-bond acceptors (Lipinski definition) is 4. The van der Waals surface area contributed by atoms with Crippen LogP contribution in [-0.4, -0.2) is 50.1 Å². The van der Waals surface area contributed by atoms with Crippen LogP contribution in [-0.2, 0) is 14.3 Å². The molecule has 1 N–H and O–H groups in total.